The lowest BCUT2D eigenvalue weighted by Crippen LogP contribution is -2.53. The number of carbonyl (C=O) groups is 2. The van der Waals surface area contributed by atoms with Gasteiger partial charge in [-0.25, -0.2) is 4.79 Å². The molecule has 3 atom stereocenters. The van der Waals surface area contributed by atoms with E-state index in [1.165, 1.54) is 0 Å². The molecule has 0 spiro atoms. The Balaban J connectivity index is 2.06. The number of hydrogen-bond donors (Lipinski definition) is 1. The first kappa shape index (κ1) is 16.1. The van der Waals surface area contributed by atoms with E-state index in [-0.39, 0.29) is 24.2 Å². The lowest BCUT2D eigenvalue weighted by molar-refractivity contribution is -0.150. The first-order valence-electron chi connectivity index (χ1n) is 7.69. The van der Waals surface area contributed by atoms with Gasteiger partial charge in [0.05, 0.1) is 17.6 Å². The standard InChI is InChI=1S/C15H26N2O4/c1-10(2)15(13(18)19)5-6-16(9-15)14(20)17-7-11(3)21-12(4)8-17/h10-12H,5-9H2,1-4H3,(H,18,19). The van der Waals surface area contributed by atoms with E-state index < -0.39 is 11.4 Å². The molecule has 2 saturated heterocycles. The predicted octanol–water partition coefficient (Wildman–Crippen LogP) is 1.65. The van der Waals surface area contributed by atoms with Crippen molar-refractivity contribution in [3.63, 3.8) is 0 Å². The minimum Gasteiger partial charge on any atom is -0.481 e. The Morgan fingerprint density at radius 1 is 1.19 bits per heavy atom. The van der Waals surface area contributed by atoms with Crippen molar-refractivity contribution >= 4 is 12.0 Å². The summed E-state index contributed by atoms with van der Waals surface area (Å²) in [5, 5.41) is 9.56. The van der Waals surface area contributed by atoms with Crippen LogP contribution in [0.1, 0.15) is 34.1 Å². The summed E-state index contributed by atoms with van der Waals surface area (Å²) in [4.78, 5) is 27.8. The third kappa shape index (κ3) is 3.00. The van der Waals surface area contributed by atoms with Crippen LogP contribution >= 0.6 is 0 Å². The first-order chi connectivity index (χ1) is 9.76. The Morgan fingerprint density at radius 3 is 2.19 bits per heavy atom. The lowest BCUT2D eigenvalue weighted by atomic mass is 9.76. The number of carboxylic acids is 1. The minimum atomic E-state index is -0.806. The molecule has 1 N–H and O–H groups in total. The highest BCUT2D eigenvalue weighted by molar-refractivity contribution is 5.80. The normalized spacial score (nSPS) is 33.6. The molecular formula is C15H26N2O4. The van der Waals surface area contributed by atoms with Gasteiger partial charge in [-0.15, -0.1) is 0 Å². The van der Waals surface area contributed by atoms with Crippen molar-refractivity contribution in [2.75, 3.05) is 26.2 Å². The summed E-state index contributed by atoms with van der Waals surface area (Å²) in [6.45, 7) is 9.71. The zero-order valence-corrected chi connectivity index (χ0v) is 13.3. The van der Waals surface area contributed by atoms with E-state index in [1.54, 1.807) is 9.80 Å². The summed E-state index contributed by atoms with van der Waals surface area (Å²) in [7, 11) is 0. The van der Waals surface area contributed by atoms with E-state index >= 15 is 0 Å². The number of amides is 2. The predicted molar refractivity (Wildman–Crippen MR) is 78.1 cm³/mol. The Bertz CT molecular complexity index is 416. The van der Waals surface area contributed by atoms with Crippen LogP contribution < -0.4 is 0 Å². The summed E-state index contributed by atoms with van der Waals surface area (Å²) in [5.41, 5.74) is -0.806. The summed E-state index contributed by atoms with van der Waals surface area (Å²) in [6, 6.07) is -0.0548. The van der Waals surface area contributed by atoms with Crippen LogP contribution in [0.3, 0.4) is 0 Å². The topological polar surface area (TPSA) is 70.1 Å². The molecule has 0 aliphatic carbocycles. The van der Waals surface area contributed by atoms with Crippen molar-refractivity contribution in [2.24, 2.45) is 11.3 Å². The Labute approximate surface area is 126 Å². The van der Waals surface area contributed by atoms with Gasteiger partial charge in [0, 0.05) is 26.2 Å². The van der Waals surface area contributed by atoms with Crippen molar-refractivity contribution in [1.82, 2.24) is 9.80 Å². The SMILES string of the molecule is CC1CN(C(=O)N2CCC(C(=O)O)(C(C)C)C2)CC(C)O1. The third-order valence-corrected chi connectivity index (χ3v) is 4.79. The van der Waals surface area contributed by atoms with Gasteiger partial charge < -0.3 is 19.6 Å². The Hall–Kier alpha value is -1.30. The van der Waals surface area contributed by atoms with Crippen molar-refractivity contribution in [3.05, 3.63) is 0 Å². The van der Waals surface area contributed by atoms with Crippen molar-refractivity contribution in [1.29, 1.82) is 0 Å². The second kappa shape index (κ2) is 5.83. The van der Waals surface area contributed by atoms with Gasteiger partial charge in [-0.1, -0.05) is 13.8 Å². The summed E-state index contributed by atoms with van der Waals surface area (Å²) in [5.74, 6) is -0.785. The molecule has 2 fully saturated rings. The average Bonchev–Trinajstić information content (AvgIpc) is 2.83. The average molecular weight is 298 g/mol. The van der Waals surface area contributed by atoms with Crippen LogP contribution in [0.2, 0.25) is 0 Å². The summed E-state index contributed by atoms with van der Waals surface area (Å²) in [6.07, 6.45) is 0.575. The third-order valence-electron chi connectivity index (χ3n) is 4.79. The second-order valence-corrected chi connectivity index (χ2v) is 6.73. The molecule has 0 aromatic rings. The van der Waals surface area contributed by atoms with Gasteiger partial charge in [-0.05, 0) is 26.2 Å². The van der Waals surface area contributed by atoms with Crippen LogP contribution in [0.25, 0.3) is 0 Å². The van der Waals surface area contributed by atoms with Gasteiger partial charge in [-0.3, -0.25) is 4.79 Å². The van der Waals surface area contributed by atoms with Crippen molar-refractivity contribution < 1.29 is 19.4 Å². The van der Waals surface area contributed by atoms with Crippen molar-refractivity contribution in [2.45, 2.75) is 46.3 Å². The molecule has 2 aliphatic heterocycles. The fraction of sp³-hybridized carbons (Fsp3) is 0.867. The molecule has 2 rings (SSSR count). The molecular weight excluding hydrogens is 272 g/mol. The van der Waals surface area contributed by atoms with Gasteiger partial charge in [-0.2, -0.15) is 0 Å². The highest BCUT2D eigenvalue weighted by Gasteiger charge is 2.49. The maximum absolute atomic E-state index is 12.6. The highest BCUT2D eigenvalue weighted by atomic mass is 16.5. The van der Waals surface area contributed by atoms with E-state index in [4.69, 9.17) is 4.74 Å². The molecule has 0 aromatic heterocycles. The number of nitrogens with zero attached hydrogens (tertiary/aromatic N) is 2. The van der Waals surface area contributed by atoms with Crippen LogP contribution in [0, 0.1) is 11.3 Å². The number of hydrogen-bond acceptors (Lipinski definition) is 3. The highest BCUT2D eigenvalue weighted by Crippen LogP contribution is 2.38. The van der Waals surface area contributed by atoms with Crippen LogP contribution in [-0.4, -0.2) is 65.3 Å². The summed E-state index contributed by atoms with van der Waals surface area (Å²) >= 11 is 0. The van der Waals surface area contributed by atoms with E-state index in [2.05, 4.69) is 0 Å². The maximum atomic E-state index is 12.6. The lowest BCUT2D eigenvalue weighted by Gasteiger charge is -2.38. The molecule has 3 unspecified atom stereocenters. The minimum absolute atomic E-state index is 0.00957. The van der Waals surface area contributed by atoms with Gasteiger partial charge in [0.15, 0.2) is 0 Å². The van der Waals surface area contributed by atoms with Gasteiger partial charge >= 0.3 is 12.0 Å². The van der Waals surface area contributed by atoms with Crippen LogP contribution in [-0.2, 0) is 9.53 Å². The molecule has 6 heteroatoms. The number of morpholine rings is 1. The molecule has 6 nitrogen and oxygen atoms in total. The fourth-order valence-corrected chi connectivity index (χ4v) is 3.42. The van der Waals surface area contributed by atoms with E-state index in [0.29, 0.717) is 32.6 Å². The van der Waals surface area contributed by atoms with Gasteiger partial charge in [0.25, 0.3) is 0 Å². The van der Waals surface area contributed by atoms with Crippen molar-refractivity contribution in [3.8, 4) is 0 Å². The zero-order chi connectivity index (χ0) is 15.8. The van der Waals surface area contributed by atoms with Crippen LogP contribution in [0.15, 0.2) is 0 Å². The number of carboxylic acid groups (broad SMARTS) is 1. The fourth-order valence-electron chi connectivity index (χ4n) is 3.42. The molecule has 0 radical (unpaired) electrons. The zero-order valence-electron chi connectivity index (χ0n) is 13.3. The first-order valence-corrected chi connectivity index (χ1v) is 7.69. The molecule has 21 heavy (non-hydrogen) atoms. The second-order valence-electron chi connectivity index (χ2n) is 6.73. The molecule has 2 aliphatic rings. The van der Waals surface area contributed by atoms with Gasteiger partial charge in [0.1, 0.15) is 0 Å². The Kier molecular flexibility index (Phi) is 4.46. The number of rotatable bonds is 2. The number of urea groups is 1. The van der Waals surface area contributed by atoms with E-state index in [1.807, 2.05) is 27.7 Å². The van der Waals surface area contributed by atoms with E-state index in [9.17, 15) is 14.7 Å². The molecule has 0 bridgehead atoms. The number of likely N-dealkylation sites (tertiary alicyclic amines) is 1. The monoisotopic (exact) mass is 298 g/mol. The Morgan fingerprint density at radius 2 is 1.76 bits per heavy atom. The van der Waals surface area contributed by atoms with E-state index in [0.717, 1.165) is 0 Å². The molecule has 2 amide bonds. The molecule has 120 valence electrons. The summed E-state index contributed by atoms with van der Waals surface area (Å²) < 4.78 is 5.64. The molecule has 0 saturated carbocycles. The number of ether oxygens (including phenoxy) is 1. The number of carbonyl (C=O) groups excluding carboxylic acids is 1. The smallest absolute Gasteiger partial charge is 0.320 e. The quantitative estimate of drug-likeness (QED) is 0.841. The molecule has 2 heterocycles. The number of aliphatic carboxylic acids is 1. The van der Waals surface area contributed by atoms with Crippen LogP contribution in [0.5, 0.6) is 0 Å². The maximum Gasteiger partial charge on any atom is 0.320 e. The van der Waals surface area contributed by atoms with Gasteiger partial charge in [0.2, 0.25) is 0 Å². The van der Waals surface area contributed by atoms with Crippen LogP contribution in [0.4, 0.5) is 4.79 Å². The largest absolute Gasteiger partial charge is 0.481 e. The molecule has 0 aromatic carbocycles.